The van der Waals surface area contributed by atoms with Crippen molar-refractivity contribution in [1.29, 1.82) is 0 Å². The zero-order valence-electron chi connectivity index (χ0n) is 14.5. The van der Waals surface area contributed by atoms with E-state index in [-0.39, 0.29) is 48.4 Å². The van der Waals surface area contributed by atoms with Gasteiger partial charge in [0.25, 0.3) is 0 Å². The number of nitrogens with one attached hydrogen (secondary N) is 1. The van der Waals surface area contributed by atoms with Crippen LogP contribution in [0.25, 0.3) is 0 Å². The molecule has 0 aromatic rings. The number of halogens is 1. The molecule has 0 aromatic carbocycles. The molecule has 1 saturated heterocycles. The van der Waals surface area contributed by atoms with Crippen molar-refractivity contribution in [3.05, 3.63) is 0 Å². The van der Waals surface area contributed by atoms with Gasteiger partial charge in [0, 0.05) is 20.1 Å². The van der Waals surface area contributed by atoms with E-state index in [9.17, 15) is 9.59 Å². The zero-order chi connectivity index (χ0) is 16.8. The van der Waals surface area contributed by atoms with Gasteiger partial charge in [-0.1, -0.05) is 0 Å². The fourth-order valence-corrected chi connectivity index (χ4v) is 2.35. The van der Waals surface area contributed by atoms with Crippen LogP contribution < -0.4 is 5.32 Å². The highest BCUT2D eigenvalue weighted by Gasteiger charge is 2.27. The molecular weight excluding hydrogens is 413 g/mol. The van der Waals surface area contributed by atoms with Crippen LogP contribution in [0.1, 0.15) is 33.6 Å². The van der Waals surface area contributed by atoms with Crippen molar-refractivity contribution in [3.8, 4) is 0 Å². The lowest BCUT2D eigenvalue weighted by Gasteiger charge is -2.33. The fourth-order valence-electron chi connectivity index (χ4n) is 2.35. The Labute approximate surface area is 155 Å². The first-order valence-corrected chi connectivity index (χ1v) is 7.52. The van der Waals surface area contributed by atoms with Gasteiger partial charge in [-0.2, -0.15) is 0 Å². The van der Waals surface area contributed by atoms with Crippen LogP contribution in [0.15, 0.2) is 4.99 Å². The standard InChI is InChI=1S/C15H27N3O4.HI/c1-15(2,3)22-12(19)10-17-14(16-4)18-8-6-11(7-9-18)13(20)21-5;/h11H,6-10H2,1-5H3,(H,16,17);1H. The maximum atomic E-state index is 11.7. The van der Waals surface area contributed by atoms with E-state index in [0.717, 1.165) is 12.8 Å². The number of rotatable bonds is 3. The minimum absolute atomic E-state index is 0. The van der Waals surface area contributed by atoms with Crippen molar-refractivity contribution in [2.45, 2.75) is 39.2 Å². The maximum absolute atomic E-state index is 11.7. The SMILES string of the molecule is CN=C(NCC(=O)OC(C)(C)C)N1CCC(C(=O)OC)CC1.I. The summed E-state index contributed by atoms with van der Waals surface area (Å²) in [6, 6.07) is 0. The Balaban J connectivity index is 0.00000484. The number of nitrogens with zero attached hydrogens (tertiary/aromatic N) is 2. The molecule has 1 rings (SSSR count). The van der Waals surface area contributed by atoms with Gasteiger partial charge < -0.3 is 19.7 Å². The molecule has 0 atom stereocenters. The van der Waals surface area contributed by atoms with Gasteiger partial charge in [0.2, 0.25) is 0 Å². The van der Waals surface area contributed by atoms with Crippen LogP contribution in [0, 0.1) is 5.92 Å². The van der Waals surface area contributed by atoms with Crippen LogP contribution in [-0.4, -0.2) is 62.2 Å². The average molecular weight is 441 g/mol. The van der Waals surface area contributed by atoms with Crippen LogP contribution in [0.3, 0.4) is 0 Å². The number of guanidine groups is 1. The van der Waals surface area contributed by atoms with Gasteiger partial charge in [-0.15, -0.1) is 24.0 Å². The van der Waals surface area contributed by atoms with Crippen molar-refractivity contribution in [1.82, 2.24) is 10.2 Å². The number of hydrogen-bond acceptors (Lipinski definition) is 5. The molecule has 1 aliphatic rings. The fraction of sp³-hybridized carbons (Fsp3) is 0.800. The highest BCUT2D eigenvalue weighted by Crippen LogP contribution is 2.18. The molecule has 0 spiro atoms. The van der Waals surface area contributed by atoms with E-state index in [0.29, 0.717) is 19.0 Å². The molecule has 0 aliphatic carbocycles. The molecular formula is C15H28IN3O4. The number of hydrogen-bond donors (Lipinski definition) is 1. The van der Waals surface area contributed by atoms with Crippen molar-refractivity contribution in [2.75, 3.05) is 33.8 Å². The molecule has 0 unspecified atom stereocenters. The van der Waals surface area contributed by atoms with Gasteiger partial charge in [-0.05, 0) is 33.6 Å². The minimum atomic E-state index is -0.499. The van der Waals surface area contributed by atoms with Crippen LogP contribution in [0.4, 0.5) is 0 Å². The summed E-state index contributed by atoms with van der Waals surface area (Å²) in [7, 11) is 3.08. The quantitative estimate of drug-likeness (QED) is 0.309. The summed E-state index contributed by atoms with van der Waals surface area (Å²) in [6.07, 6.45) is 1.44. The second kappa shape index (κ2) is 9.94. The monoisotopic (exact) mass is 441 g/mol. The third-order valence-corrected chi connectivity index (χ3v) is 3.35. The Morgan fingerprint density at radius 3 is 2.26 bits per heavy atom. The van der Waals surface area contributed by atoms with E-state index in [2.05, 4.69) is 10.3 Å². The molecule has 8 heteroatoms. The third-order valence-electron chi connectivity index (χ3n) is 3.35. The molecule has 23 heavy (non-hydrogen) atoms. The number of carbonyl (C=O) groups is 2. The number of ether oxygens (including phenoxy) is 2. The van der Waals surface area contributed by atoms with E-state index in [4.69, 9.17) is 9.47 Å². The lowest BCUT2D eigenvalue weighted by molar-refractivity contribution is -0.153. The number of esters is 2. The summed E-state index contributed by atoms with van der Waals surface area (Å²) < 4.78 is 10.0. The normalized spacial score (nSPS) is 16.4. The van der Waals surface area contributed by atoms with Gasteiger partial charge >= 0.3 is 11.9 Å². The molecule has 1 fully saturated rings. The minimum Gasteiger partial charge on any atom is -0.469 e. The Bertz CT molecular complexity index is 427. The first-order chi connectivity index (χ1) is 10.3. The summed E-state index contributed by atoms with van der Waals surface area (Å²) in [4.78, 5) is 29.4. The van der Waals surface area contributed by atoms with E-state index in [1.54, 1.807) is 7.05 Å². The largest absolute Gasteiger partial charge is 0.469 e. The number of likely N-dealkylation sites (tertiary alicyclic amines) is 1. The first kappa shape index (κ1) is 21.9. The lowest BCUT2D eigenvalue weighted by atomic mass is 9.97. The van der Waals surface area contributed by atoms with Gasteiger partial charge in [0.15, 0.2) is 5.96 Å². The Morgan fingerprint density at radius 2 is 1.83 bits per heavy atom. The maximum Gasteiger partial charge on any atom is 0.325 e. The Morgan fingerprint density at radius 1 is 1.26 bits per heavy atom. The summed E-state index contributed by atoms with van der Waals surface area (Å²) in [5.74, 6) is 0.119. The molecule has 1 N–H and O–H groups in total. The molecule has 0 aromatic heterocycles. The predicted molar refractivity (Wildman–Crippen MR) is 98.9 cm³/mol. The van der Waals surface area contributed by atoms with E-state index < -0.39 is 5.60 Å². The van der Waals surface area contributed by atoms with Crippen molar-refractivity contribution in [3.63, 3.8) is 0 Å². The first-order valence-electron chi connectivity index (χ1n) is 7.52. The number of methoxy groups -OCH3 is 1. The van der Waals surface area contributed by atoms with Crippen LogP contribution in [0.2, 0.25) is 0 Å². The number of carbonyl (C=O) groups excluding carboxylic acids is 2. The lowest BCUT2D eigenvalue weighted by Crippen LogP contribution is -2.48. The van der Waals surface area contributed by atoms with Crippen molar-refractivity contribution >= 4 is 41.9 Å². The topological polar surface area (TPSA) is 80.2 Å². The molecule has 0 saturated carbocycles. The Kier molecular flexibility index (Phi) is 9.48. The highest BCUT2D eigenvalue weighted by atomic mass is 127. The van der Waals surface area contributed by atoms with Crippen LogP contribution in [0.5, 0.6) is 0 Å². The highest BCUT2D eigenvalue weighted by molar-refractivity contribution is 14.0. The third kappa shape index (κ3) is 7.85. The van der Waals surface area contributed by atoms with Gasteiger partial charge in [0.05, 0.1) is 13.0 Å². The molecule has 7 nitrogen and oxygen atoms in total. The number of aliphatic imine (C=N–C) groups is 1. The molecule has 1 heterocycles. The van der Waals surface area contributed by atoms with E-state index in [1.807, 2.05) is 25.7 Å². The number of piperidine rings is 1. The second-order valence-corrected chi connectivity index (χ2v) is 6.27. The molecule has 0 amide bonds. The zero-order valence-corrected chi connectivity index (χ0v) is 16.9. The van der Waals surface area contributed by atoms with E-state index in [1.165, 1.54) is 7.11 Å². The molecule has 0 bridgehead atoms. The summed E-state index contributed by atoms with van der Waals surface area (Å²) in [5, 5.41) is 3.00. The summed E-state index contributed by atoms with van der Waals surface area (Å²) in [6.45, 7) is 6.97. The second-order valence-electron chi connectivity index (χ2n) is 6.27. The van der Waals surface area contributed by atoms with Gasteiger partial charge in [-0.3, -0.25) is 14.6 Å². The summed E-state index contributed by atoms with van der Waals surface area (Å²) in [5.41, 5.74) is -0.499. The summed E-state index contributed by atoms with van der Waals surface area (Å²) >= 11 is 0. The van der Waals surface area contributed by atoms with Crippen molar-refractivity contribution in [2.24, 2.45) is 10.9 Å². The molecule has 134 valence electrons. The average Bonchev–Trinajstić information content (AvgIpc) is 2.46. The van der Waals surface area contributed by atoms with E-state index >= 15 is 0 Å². The molecule has 1 aliphatic heterocycles. The van der Waals surface area contributed by atoms with Gasteiger partial charge in [0.1, 0.15) is 12.1 Å². The smallest absolute Gasteiger partial charge is 0.325 e. The van der Waals surface area contributed by atoms with Crippen LogP contribution in [-0.2, 0) is 19.1 Å². The predicted octanol–water partition coefficient (Wildman–Crippen LogP) is 1.41. The molecule has 0 radical (unpaired) electrons. The Hall–Kier alpha value is -1.06. The van der Waals surface area contributed by atoms with Crippen molar-refractivity contribution < 1.29 is 19.1 Å². The van der Waals surface area contributed by atoms with Gasteiger partial charge in [-0.25, -0.2) is 0 Å². The van der Waals surface area contributed by atoms with Crippen LogP contribution >= 0.6 is 24.0 Å².